The molecule has 0 aliphatic rings. The second kappa shape index (κ2) is 3.86. The van der Waals surface area contributed by atoms with Gasteiger partial charge in [-0.2, -0.15) is 0 Å². The number of hydrogen-bond acceptors (Lipinski definition) is 5. The molecule has 0 aliphatic heterocycles. The van der Waals surface area contributed by atoms with Crippen molar-refractivity contribution < 1.29 is 0 Å². The van der Waals surface area contributed by atoms with Crippen molar-refractivity contribution in [2.24, 2.45) is 0 Å². The van der Waals surface area contributed by atoms with Crippen LogP contribution in [0, 0.1) is 6.26 Å². The number of nitrogens with zero attached hydrogens (tertiary/aromatic N) is 5. The van der Waals surface area contributed by atoms with Crippen molar-refractivity contribution in [3.05, 3.63) is 6.26 Å². The van der Waals surface area contributed by atoms with Crippen molar-refractivity contribution in [2.45, 2.75) is 18.2 Å². The van der Waals surface area contributed by atoms with Crippen molar-refractivity contribution in [1.82, 2.24) is 25.1 Å². The third kappa shape index (κ3) is 1.75. The van der Waals surface area contributed by atoms with Crippen LogP contribution in [0.3, 0.4) is 0 Å². The van der Waals surface area contributed by atoms with Crippen LogP contribution in [0.1, 0.15) is 13.1 Å². The van der Waals surface area contributed by atoms with Crippen LogP contribution >= 0.6 is 11.8 Å². The van der Waals surface area contributed by atoms with E-state index in [1.807, 2.05) is 25.9 Å². The van der Waals surface area contributed by atoms with E-state index >= 15 is 0 Å². The molecule has 1 heterocycles. The molecule has 1 rings (SSSR count). The highest BCUT2D eigenvalue weighted by molar-refractivity contribution is 8.00. The van der Waals surface area contributed by atoms with Gasteiger partial charge in [-0.3, -0.25) is 4.90 Å². The Morgan fingerprint density at radius 3 is 2.75 bits per heavy atom. The van der Waals surface area contributed by atoms with Gasteiger partial charge in [-0.05, 0) is 31.4 Å². The molecule has 0 saturated heterocycles. The predicted octanol–water partition coefficient (Wildman–Crippen LogP) is 0.637. The molecule has 1 aromatic rings. The maximum atomic E-state index is 3.86. The highest BCUT2D eigenvalue weighted by Gasteiger charge is 2.12. The molecule has 0 bridgehead atoms. The van der Waals surface area contributed by atoms with Gasteiger partial charge in [-0.25, -0.2) is 4.68 Å². The third-order valence-corrected chi connectivity index (χ3v) is 2.22. The van der Waals surface area contributed by atoms with Crippen LogP contribution in [0.4, 0.5) is 0 Å². The Labute approximate surface area is 76.1 Å². The first-order chi connectivity index (χ1) is 5.66. The van der Waals surface area contributed by atoms with Gasteiger partial charge in [-0.1, -0.05) is 11.8 Å². The normalized spacial score (nSPS) is 13.8. The van der Waals surface area contributed by atoms with Gasteiger partial charge in [0.1, 0.15) is 6.17 Å². The molecule has 0 aromatic carbocycles. The Kier molecular flexibility index (Phi) is 3.05. The molecular weight excluding hydrogens is 174 g/mol. The lowest BCUT2D eigenvalue weighted by Gasteiger charge is -2.19. The fourth-order valence-corrected chi connectivity index (χ4v) is 1.15. The fourth-order valence-electron chi connectivity index (χ4n) is 0.734. The van der Waals surface area contributed by atoms with Gasteiger partial charge >= 0.3 is 0 Å². The monoisotopic (exact) mass is 186 g/mol. The Hall–Kier alpha value is -0.620. The molecule has 0 amide bonds. The van der Waals surface area contributed by atoms with Gasteiger partial charge in [0.2, 0.25) is 5.16 Å². The first-order valence-corrected chi connectivity index (χ1v) is 4.51. The van der Waals surface area contributed by atoms with Crippen LogP contribution < -0.4 is 0 Å². The van der Waals surface area contributed by atoms with Crippen molar-refractivity contribution in [3.63, 3.8) is 0 Å². The van der Waals surface area contributed by atoms with E-state index in [1.54, 1.807) is 4.68 Å². The van der Waals surface area contributed by atoms with E-state index in [2.05, 4.69) is 21.8 Å². The van der Waals surface area contributed by atoms with E-state index in [1.165, 1.54) is 11.8 Å². The van der Waals surface area contributed by atoms with E-state index in [9.17, 15) is 0 Å². The third-order valence-electron chi connectivity index (χ3n) is 1.69. The summed E-state index contributed by atoms with van der Waals surface area (Å²) in [6.45, 7) is 2.02. The van der Waals surface area contributed by atoms with Crippen molar-refractivity contribution >= 4 is 11.8 Å². The number of tetrazole rings is 1. The summed E-state index contributed by atoms with van der Waals surface area (Å²) in [4.78, 5) is 2.02. The Balaban J connectivity index is 2.86. The molecule has 0 spiro atoms. The molecular formula is C6H12N5S. The summed E-state index contributed by atoms with van der Waals surface area (Å²) in [5.41, 5.74) is 0. The van der Waals surface area contributed by atoms with Crippen LogP contribution in [0.15, 0.2) is 5.16 Å². The van der Waals surface area contributed by atoms with Crippen molar-refractivity contribution in [1.29, 1.82) is 0 Å². The first-order valence-electron chi connectivity index (χ1n) is 3.53. The molecule has 1 radical (unpaired) electrons. The van der Waals surface area contributed by atoms with Gasteiger partial charge in [-0.15, -0.1) is 5.10 Å². The number of thioether (sulfide) groups is 1. The minimum Gasteiger partial charge on any atom is -0.288 e. The summed E-state index contributed by atoms with van der Waals surface area (Å²) in [5.74, 6) is 0. The predicted molar refractivity (Wildman–Crippen MR) is 47.4 cm³/mol. The second-order valence-corrected chi connectivity index (χ2v) is 3.30. The smallest absolute Gasteiger partial charge is 0.210 e. The maximum Gasteiger partial charge on any atom is 0.210 e. The van der Waals surface area contributed by atoms with E-state index in [-0.39, 0.29) is 6.17 Å². The fraction of sp³-hybridized carbons (Fsp3) is 0.667. The van der Waals surface area contributed by atoms with Crippen LogP contribution in [0.25, 0.3) is 0 Å². The summed E-state index contributed by atoms with van der Waals surface area (Å²) in [5, 5.41) is 12.0. The zero-order valence-corrected chi connectivity index (χ0v) is 8.25. The first kappa shape index (κ1) is 9.47. The summed E-state index contributed by atoms with van der Waals surface area (Å²) in [6.07, 6.45) is 3.82. The van der Waals surface area contributed by atoms with Crippen molar-refractivity contribution in [2.75, 3.05) is 14.1 Å². The highest BCUT2D eigenvalue weighted by atomic mass is 32.2. The molecule has 0 aliphatic carbocycles. The molecule has 1 aromatic heterocycles. The summed E-state index contributed by atoms with van der Waals surface area (Å²) >= 11 is 1.30. The molecule has 12 heavy (non-hydrogen) atoms. The van der Waals surface area contributed by atoms with Gasteiger partial charge in [0.15, 0.2) is 0 Å². The standard InChI is InChI=1S/C6H12N5S/c1-5(10(2)3)11-6(12-4)7-8-9-11/h5H,4H2,1-3H3. The minimum absolute atomic E-state index is 0.157. The van der Waals surface area contributed by atoms with Crippen LogP contribution in [-0.2, 0) is 0 Å². The Bertz CT molecular complexity index is 246. The van der Waals surface area contributed by atoms with E-state index in [4.69, 9.17) is 0 Å². The van der Waals surface area contributed by atoms with Crippen molar-refractivity contribution in [3.8, 4) is 0 Å². The summed E-state index contributed by atoms with van der Waals surface area (Å²) in [7, 11) is 3.95. The SMILES string of the molecule is [CH2]Sc1nnnn1C(C)N(C)C. The zero-order chi connectivity index (χ0) is 9.14. The minimum atomic E-state index is 0.157. The summed E-state index contributed by atoms with van der Waals surface area (Å²) < 4.78 is 1.73. The van der Waals surface area contributed by atoms with E-state index < -0.39 is 0 Å². The molecule has 6 heteroatoms. The average Bonchev–Trinajstić information content (AvgIpc) is 2.49. The number of rotatable bonds is 3. The number of hydrogen-bond donors (Lipinski definition) is 0. The topological polar surface area (TPSA) is 46.8 Å². The van der Waals surface area contributed by atoms with Crippen LogP contribution in [0.2, 0.25) is 0 Å². The largest absolute Gasteiger partial charge is 0.288 e. The van der Waals surface area contributed by atoms with Gasteiger partial charge < -0.3 is 0 Å². The molecule has 1 atom stereocenters. The molecule has 0 saturated carbocycles. The summed E-state index contributed by atoms with van der Waals surface area (Å²) in [6, 6.07) is 0. The quantitative estimate of drug-likeness (QED) is 0.648. The van der Waals surface area contributed by atoms with Gasteiger partial charge in [0.05, 0.1) is 0 Å². The Morgan fingerprint density at radius 2 is 2.25 bits per heavy atom. The molecule has 1 unspecified atom stereocenters. The van der Waals surface area contributed by atoms with E-state index in [0.29, 0.717) is 0 Å². The van der Waals surface area contributed by atoms with E-state index in [0.717, 1.165) is 5.16 Å². The van der Waals surface area contributed by atoms with Gasteiger partial charge in [0, 0.05) is 6.26 Å². The van der Waals surface area contributed by atoms with Gasteiger partial charge in [0.25, 0.3) is 0 Å². The molecule has 5 nitrogen and oxygen atoms in total. The maximum absolute atomic E-state index is 3.86. The lowest BCUT2D eigenvalue weighted by Crippen LogP contribution is -2.24. The molecule has 0 N–H and O–H groups in total. The lowest BCUT2D eigenvalue weighted by atomic mass is 10.5. The number of aromatic nitrogens is 4. The average molecular weight is 186 g/mol. The van der Waals surface area contributed by atoms with Crippen LogP contribution in [0.5, 0.6) is 0 Å². The molecule has 67 valence electrons. The second-order valence-electron chi connectivity index (χ2n) is 2.65. The zero-order valence-electron chi connectivity index (χ0n) is 7.43. The molecule has 0 fully saturated rings. The lowest BCUT2D eigenvalue weighted by molar-refractivity contribution is 0.204. The highest BCUT2D eigenvalue weighted by Crippen LogP contribution is 2.16. The van der Waals surface area contributed by atoms with Crippen LogP contribution in [-0.4, -0.2) is 39.2 Å². The Morgan fingerprint density at radius 1 is 1.58 bits per heavy atom.